The maximum atomic E-state index is 13.5. The van der Waals surface area contributed by atoms with E-state index >= 15 is 0 Å². The van der Waals surface area contributed by atoms with Crippen molar-refractivity contribution >= 4 is 21.8 Å². The van der Waals surface area contributed by atoms with Gasteiger partial charge in [0.05, 0.1) is 13.2 Å². The summed E-state index contributed by atoms with van der Waals surface area (Å²) in [6.07, 6.45) is -6.82. The third-order valence-corrected chi connectivity index (χ3v) is 9.15. The number of nitrogens with zero attached hydrogens (tertiary/aromatic N) is 5. The van der Waals surface area contributed by atoms with Gasteiger partial charge in [-0.25, -0.2) is 18.4 Å². The molecule has 42 heavy (non-hydrogen) atoms. The van der Waals surface area contributed by atoms with Crippen LogP contribution in [0.15, 0.2) is 29.4 Å². The number of hydrogen-bond acceptors (Lipinski definition) is 10. The van der Waals surface area contributed by atoms with Crippen molar-refractivity contribution in [2.24, 2.45) is 0 Å². The minimum Gasteiger partial charge on any atom is -0.471 e. The van der Waals surface area contributed by atoms with Crippen LogP contribution in [0.4, 0.5) is 38.1 Å². The molecule has 11 nitrogen and oxygen atoms in total. The van der Waals surface area contributed by atoms with Gasteiger partial charge in [0.25, 0.3) is 0 Å². The zero-order chi connectivity index (χ0) is 30.1. The fourth-order valence-corrected chi connectivity index (χ4v) is 6.36. The van der Waals surface area contributed by atoms with Crippen LogP contribution in [0.25, 0.3) is 0 Å². The zero-order valence-corrected chi connectivity index (χ0v) is 23.0. The monoisotopic (exact) mass is 625 g/mol. The lowest BCUT2D eigenvalue weighted by Gasteiger charge is -2.35. The van der Waals surface area contributed by atoms with E-state index in [1.54, 1.807) is 0 Å². The SMILES string of the molecule is O=S(=O)(c1ccc(N2CCNC(C(F)(F)F)C2)nc1)N1CCC(Nc2ncc(C(F)(F)F)c(O[C@H]3CCOC3)n2)CC1. The summed E-state index contributed by atoms with van der Waals surface area (Å²) >= 11 is 0. The first-order valence-electron chi connectivity index (χ1n) is 13.3. The van der Waals surface area contributed by atoms with Gasteiger partial charge in [-0.2, -0.15) is 35.6 Å². The van der Waals surface area contributed by atoms with E-state index in [4.69, 9.17) is 9.47 Å². The number of hydrogen-bond donors (Lipinski definition) is 2. The first-order valence-corrected chi connectivity index (χ1v) is 14.7. The smallest absolute Gasteiger partial charge is 0.423 e. The van der Waals surface area contributed by atoms with Gasteiger partial charge in [0.15, 0.2) is 0 Å². The van der Waals surface area contributed by atoms with Crippen LogP contribution < -0.4 is 20.3 Å². The van der Waals surface area contributed by atoms with Crippen LogP contribution in [-0.2, 0) is 20.9 Å². The number of aromatic nitrogens is 3. The number of nitrogens with one attached hydrogen (secondary N) is 2. The number of piperazine rings is 1. The van der Waals surface area contributed by atoms with E-state index in [2.05, 4.69) is 25.6 Å². The highest BCUT2D eigenvalue weighted by molar-refractivity contribution is 7.89. The lowest BCUT2D eigenvalue weighted by Crippen LogP contribution is -2.57. The maximum absolute atomic E-state index is 13.5. The standard InChI is InChI=1S/C24H29F6N7O4S/c25-23(26,27)18-12-33-22(35-21(18)41-16-5-10-40-14-16)34-15-3-7-37(8-4-15)42(38,39)17-1-2-20(32-11-17)36-9-6-31-19(13-36)24(28,29)30/h1-2,11-12,15-16,19,31H,3-10,13-14H2,(H,33,34,35)/t16-,19?/m0/s1. The highest BCUT2D eigenvalue weighted by Crippen LogP contribution is 2.36. The van der Waals surface area contributed by atoms with Gasteiger partial charge in [-0.15, -0.1) is 0 Å². The molecule has 5 rings (SSSR count). The molecule has 2 atom stereocenters. The Labute approximate surface area is 237 Å². The predicted molar refractivity (Wildman–Crippen MR) is 137 cm³/mol. The Morgan fingerprint density at radius 2 is 1.79 bits per heavy atom. The minimum atomic E-state index is -4.71. The fraction of sp³-hybridized carbons (Fsp3) is 0.625. The number of piperidine rings is 1. The van der Waals surface area contributed by atoms with E-state index < -0.39 is 46.0 Å². The Bertz CT molecular complexity index is 1330. The molecule has 232 valence electrons. The van der Waals surface area contributed by atoms with Crippen molar-refractivity contribution in [1.29, 1.82) is 0 Å². The average molecular weight is 626 g/mol. The molecule has 18 heteroatoms. The fourth-order valence-electron chi connectivity index (χ4n) is 4.95. The first-order chi connectivity index (χ1) is 19.8. The Morgan fingerprint density at radius 1 is 1.02 bits per heavy atom. The number of rotatable bonds is 7. The molecule has 0 spiro atoms. The lowest BCUT2D eigenvalue weighted by molar-refractivity contribution is -0.155. The summed E-state index contributed by atoms with van der Waals surface area (Å²) in [7, 11) is -3.94. The first kappa shape index (κ1) is 30.5. The Morgan fingerprint density at radius 3 is 2.40 bits per heavy atom. The lowest BCUT2D eigenvalue weighted by atomic mass is 10.1. The molecule has 3 aliphatic rings. The van der Waals surface area contributed by atoms with Gasteiger partial charge in [-0.1, -0.05) is 0 Å². The molecule has 0 bridgehead atoms. The van der Waals surface area contributed by atoms with Crippen molar-refractivity contribution in [1.82, 2.24) is 24.6 Å². The van der Waals surface area contributed by atoms with Gasteiger partial charge in [0.2, 0.25) is 21.9 Å². The normalized spacial score (nSPS) is 23.2. The number of anilines is 2. The summed E-state index contributed by atoms with van der Waals surface area (Å²) in [4.78, 5) is 13.2. The second kappa shape index (κ2) is 12.0. The van der Waals surface area contributed by atoms with Crippen LogP contribution in [0.2, 0.25) is 0 Å². The van der Waals surface area contributed by atoms with E-state index in [9.17, 15) is 34.8 Å². The second-order valence-electron chi connectivity index (χ2n) is 10.2. The van der Waals surface area contributed by atoms with Gasteiger partial charge in [0, 0.05) is 57.6 Å². The van der Waals surface area contributed by atoms with Crippen LogP contribution in [0.5, 0.6) is 5.88 Å². The van der Waals surface area contributed by atoms with Crippen molar-refractivity contribution in [2.75, 3.05) is 56.2 Å². The molecule has 2 aromatic rings. The summed E-state index contributed by atoms with van der Waals surface area (Å²) in [5.41, 5.74) is -1.10. The summed E-state index contributed by atoms with van der Waals surface area (Å²) in [6.45, 7) is 0.806. The molecule has 3 saturated heterocycles. The van der Waals surface area contributed by atoms with Crippen molar-refractivity contribution in [2.45, 2.75) is 54.7 Å². The molecule has 0 radical (unpaired) electrons. The Kier molecular flexibility index (Phi) is 8.69. The van der Waals surface area contributed by atoms with Gasteiger partial charge in [-0.05, 0) is 25.0 Å². The molecular weight excluding hydrogens is 596 g/mol. The summed E-state index contributed by atoms with van der Waals surface area (Å²) in [5, 5.41) is 5.38. The highest BCUT2D eigenvalue weighted by atomic mass is 32.2. The highest BCUT2D eigenvalue weighted by Gasteiger charge is 2.42. The van der Waals surface area contributed by atoms with Crippen molar-refractivity contribution < 1.29 is 44.2 Å². The number of pyridine rings is 1. The largest absolute Gasteiger partial charge is 0.471 e. The molecule has 2 N–H and O–H groups in total. The number of alkyl halides is 6. The van der Waals surface area contributed by atoms with Crippen LogP contribution in [0.1, 0.15) is 24.8 Å². The van der Waals surface area contributed by atoms with Gasteiger partial charge < -0.3 is 25.0 Å². The summed E-state index contributed by atoms with van der Waals surface area (Å²) in [5.74, 6) is -0.423. The van der Waals surface area contributed by atoms with Gasteiger partial charge in [0.1, 0.15) is 28.4 Å². The van der Waals surface area contributed by atoms with Crippen molar-refractivity contribution in [3.63, 3.8) is 0 Å². The Hall–Kier alpha value is -2.96. The van der Waals surface area contributed by atoms with E-state index in [1.165, 1.54) is 21.3 Å². The average Bonchev–Trinajstić information content (AvgIpc) is 3.46. The van der Waals surface area contributed by atoms with E-state index in [0.29, 0.717) is 32.1 Å². The number of sulfonamides is 1. The molecule has 3 aliphatic heterocycles. The Balaban J connectivity index is 1.19. The molecule has 5 heterocycles. The van der Waals surface area contributed by atoms with Crippen molar-refractivity contribution in [3.8, 4) is 5.88 Å². The minimum absolute atomic E-state index is 0.0707. The summed E-state index contributed by atoms with van der Waals surface area (Å²) < 4.78 is 118. The number of halogens is 6. The molecular formula is C24H29F6N7O4S. The molecule has 2 aromatic heterocycles. The van der Waals surface area contributed by atoms with Crippen LogP contribution in [0, 0.1) is 0 Å². The van der Waals surface area contributed by atoms with Crippen LogP contribution in [0.3, 0.4) is 0 Å². The molecule has 0 saturated carbocycles. The molecule has 0 aromatic carbocycles. The molecule has 1 unspecified atom stereocenters. The van der Waals surface area contributed by atoms with E-state index in [-0.39, 0.29) is 62.0 Å². The van der Waals surface area contributed by atoms with E-state index in [1.807, 2.05) is 0 Å². The van der Waals surface area contributed by atoms with Gasteiger partial charge in [-0.3, -0.25) is 0 Å². The van der Waals surface area contributed by atoms with Crippen LogP contribution in [-0.4, -0.2) is 98.0 Å². The molecule has 0 amide bonds. The third kappa shape index (κ3) is 6.98. The topological polar surface area (TPSA) is 122 Å². The quantitative estimate of drug-likeness (QED) is 0.445. The van der Waals surface area contributed by atoms with Crippen LogP contribution >= 0.6 is 0 Å². The summed E-state index contributed by atoms with van der Waals surface area (Å²) in [6, 6.07) is 0.685. The number of ether oxygens (including phenoxy) is 2. The van der Waals surface area contributed by atoms with Gasteiger partial charge >= 0.3 is 12.4 Å². The van der Waals surface area contributed by atoms with Crippen molar-refractivity contribution in [3.05, 3.63) is 30.1 Å². The predicted octanol–water partition coefficient (Wildman–Crippen LogP) is 2.66. The maximum Gasteiger partial charge on any atom is 0.423 e. The molecule has 3 fully saturated rings. The molecule has 0 aliphatic carbocycles. The zero-order valence-electron chi connectivity index (χ0n) is 22.2. The third-order valence-electron chi connectivity index (χ3n) is 7.27. The van der Waals surface area contributed by atoms with E-state index in [0.717, 1.165) is 6.20 Å². The second-order valence-corrected chi connectivity index (χ2v) is 12.1.